The number of hydrogen-bond donors (Lipinski definition) is 2. The Morgan fingerprint density at radius 1 is 1.16 bits per heavy atom. The number of rotatable bonds is 6. The van der Waals surface area contributed by atoms with Crippen molar-refractivity contribution >= 4 is 23.6 Å². The highest BCUT2D eigenvalue weighted by Crippen LogP contribution is 2.38. The fraction of sp³-hybridized carbons (Fsp3) is 0.318. The third-order valence-electron chi connectivity index (χ3n) is 5.44. The number of amides is 2. The van der Waals surface area contributed by atoms with Crippen molar-refractivity contribution in [2.75, 3.05) is 17.3 Å². The quantitative estimate of drug-likeness (QED) is 0.631. The number of carbonyl (C=O) groups is 2. The van der Waals surface area contributed by atoms with Crippen LogP contribution in [0.2, 0.25) is 0 Å². The Kier molecular flexibility index (Phi) is 5.92. The third kappa shape index (κ3) is 4.71. The van der Waals surface area contributed by atoms with Crippen LogP contribution in [0.1, 0.15) is 43.0 Å². The van der Waals surface area contributed by atoms with E-state index < -0.39 is 6.09 Å². The molecule has 2 amide bonds. The van der Waals surface area contributed by atoms with Crippen molar-refractivity contribution in [3.63, 3.8) is 0 Å². The molecule has 1 unspecified atom stereocenters. The van der Waals surface area contributed by atoms with Crippen LogP contribution in [0.5, 0.6) is 0 Å². The van der Waals surface area contributed by atoms with Gasteiger partial charge in [0.15, 0.2) is 5.82 Å². The Balaban J connectivity index is 1.26. The molecule has 3 aromatic heterocycles. The fourth-order valence-corrected chi connectivity index (χ4v) is 3.39. The van der Waals surface area contributed by atoms with Gasteiger partial charge in [-0.2, -0.15) is 5.10 Å². The van der Waals surface area contributed by atoms with E-state index in [1.165, 1.54) is 4.90 Å². The normalized spacial score (nSPS) is 18.5. The highest BCUT2D eigenvalue weighted by Gasteiger charge is 2.35. The summed E-state index contributed by atoms with van der Waals surface area (Å²) in [6.45, 7) is 1.80. The minimum absolute atomic E-state index is 0.158. The molecule has 1 saturated carbocycles. The van der Waals surface area contributed by atoms with Gasteiger partial charge in [-0.1, -0.05) is 12.1 Å². The zero-order valence-electron chi connectivity index (χ0n) is 17.4. The molecule has 2 N–H and O–H groups in total. The summed E-state index contributed by atoms with van der Waals surface area (Å²) in [5.74, 6) is 0.652. The Morgan fingerprint density at radius 2 is 1.90 bits per heavy atom. The van der Waals surface area contributed by atoms with E-state index in [1.54, 1.807) is 38.5 Å². The van der Waals surface area contributed by atoms with E-state index in [-0.39, 0.29) is 23.8 Å². The van der Waals surface area contributed by atoms with Crippen molar-refractivity contribution in [1.82, 2.24) is 20.2 Å². The maximum Gasteiger partial charge on any atom is 0.415 e. The number of nitrogens with zero attached hydrogens (tertiary/aromatic N) is 4. The zero-order chi connectivity index (χ0) is 21.8. The second-order valence-electron chi connectivity index (χ2n) is 7.60. The Bertz CT molecular complexity index is 1030. The molecule has 0 aliphatic heterocycles. The van der Waals surface area contributed by atoms with Crippen molar-refractivity contribution in [1.29, 1.82) is 0 Å². The molecule has 9 heteroatoms. The molecule has 0 spiro atoms. The van der Waals surface area contributed by atoms with Crippen molar-refractivity contribution in [3.05, 3.63) is 66.2 Å². The molecule has 1 aliphatic carbocycles. The van der Waals surface area contributed by atoms with Crippen LogP contribution in [-0.2, 0) is 9.53 Å². The number of pyridine rings is 2. The average Bonchev–Trinajstić information content (AvgIpc) is 3.23. The van der Waals surface area contributed by atoms with Gasteiger partial charge in [-0.05, 0) is 44.0 Å². The molecule has 0 saturated heterocycles. The Labute approximate surface area is 179 Å². The minimum atomic E-state index is -0.428. The summed E-state index contributed by atoms with van der Waals surface area (Å²) in [7, 11) is 1.64. The first-order valence-electron chi connectivity index (χ1n) is 10.1. The molecule has 0 radical (unpaired) electrons. The van der Waals surface area contributed by atoms with Crippen LogP contribution in [0.25, 0.3) is 0 Å². The van der Waals surface area contributed by atoms with Gasteiger partial charge in [-0.3, -0.25) is 19.8 Å². The molecule has 31 heavy (non-hydrogen) atoms. The van der Waals surface area contributed by atoms with Gasteiger partial charge in [0.2, 0.25) is 5.91 Å². The van der Waals surface area contributed by atoms with E-state index in [9.17, 15) is 9.59 Å². The van der Waals surface area contributed by atoms with Crippen molar-refractivity contribution in [2.45, 2.75) is 37.7 Å². The zero-order valence-corrected chi connectivity index (χ0v) is 17.4. The van der Waals surface area contributed by atoms with Gasteiger partial charge in [0.05, 0.1) is 11.6 Å². The van der Waals surface area contributed by atoms with Crippen LogP contribution in [0, 0.1) is 0 Å². The average molecular weight is 420 g/mol. The molecule has 0 bridgehead atoms. The number of anilines is 2. The topological polar surface area (TPSA) is 113 Å². The predicted octanol–water partition coefficient (Wildman–Crippen LogP) is 3.46. The summed E-state index contributed by atoms with van der Waals surface area (Å²) >= 11 is 0. The maximum absolute atomic E-state index is 12.5. The number of nitrogens with one attached hydrogen (secondary N) is 2. The molecule has 9 nitrogen and oxygen atoms in total. The van der Waals surface area contributed by atoms with Crippen LogP contribution in [0.3, 0.4) is 0 Å². The van der Waals surface area contributed by atoms with E-state index in [0.29, 0.717) is 30.2 Å². The fourth-order valence-electron chi connectivity index (χ4n) is 3.39. The molecule has 3 aromatic rings. The number of hydrogen-bond acceptors (Lipinski definition) is 6. The second kappa shape index (κ2) is 8.95. The molecule has 1 aliphatic rings. The van der Waals surface area contributed by atoms with Crippen LogP contribution >= 0.6 is 0 Å². The van der Waals surface area contributed by atoms with Gasteiger partial charge >= 0.3 is 6.09 Å². The highest BCUT2D eigenvalue weighted by atomic mass is 16.6. The first-order valence-corrected chi connectivity index (χ1v) is 10.1. The lowest BCUT2D eigenvalue weighted by Crippen LogP contribution is -2.37. The second-order valence-corrected chi connectivity index (χ2v) is 7.60. The predicted molar refractivity (Wildman–Crippen MR) is 115 cm³/mol. The van der Waals surface area contributed by atoms with E-state index in [0.717, 1.165) is 5.69 Å². The monoisotopic (exact) mass is 420 g/mol. The van der Waals surface area contributed by atoms with Crippen molar-refractivity contribution in [3.8, 4) is 0 Å². The Morgan fingerprint density at radius 3 is 2.58 bits per heavy atom. The molecular formula is C22H24N6O3. The lowest BCUT2D eigenvalue weighted by atomic mass is 9.80. The summed E-state index contributed by atoms with van der Waals surface area (Å²) in [5.41, 5.74) is 1.61. The molecule has 0 aromatic carbocycles. The van der Waals surface area contributed by atoms with Crippen LogP contribution in [0.15, 0.2) is 54.9 Å². The number of ether oxygens (including phenoxy) is 1. The van der Waals surface area contributed by atoms with Gasteiger partial charge in [0.25, 0.3) is 0 Å². The van der Waals surface area contributed by atoms with Crippen molar-refractivity contribution < 1.29 is 14.3 Å². The lowest BCUT2D eigenvalue weighted by Gasteiger charge is -2.34. The van der Waals surface area contributed by atoms with E-state index in [2.05, 4.69) is 25.5 Å². The molecule has 1 atom stereocenters. The standard InChI is InChI=1S/C22H24N6O3/c1-14(17-7-3-5-9-23-17)21(29)25-19-13-18(26-27-19)15-11-16(12-15)31-22(30)28(2)20-8-4-6-10-24-20/h3-10,13-16H,11-12H2,1-2H3,(H2,25,26,27,29)/t14?,15-,16+. The summed E-state index contributed by atoms with van der Waals surface area (Å²) in [5, 5.41) is 9.98. The molecular weight excluding hydrogens is 396 g/mol. The largest absolute Gasteiger partial charge is 0.446 e. The highest BCUT2D eigenvalue weighted by molar-refractivity contribution is 5.94. The first-order chi connectivity index (χ1) is 15.0. The lowest BCUT2D eigenvalue weighted by molar-refractivity contribution is -0.117. The third-order valence-corrected chi connectivity index (χ3v) is 5.44. The number of H-pyrrole nitrogens is 1. The summed E-state index contributed by atoms with van der Waals surface area (Å²) in [4.78, 5) is 34.5. The molecule has 1 fully saturated rings. The van der Waals surface area contributed by atoms with Gasteiger partial charge in [0.1, 0.15) is 11.9 Å². The van der Waals surface area contributed by atoms with Gasteiger partial charge in [0, 0.05) is 37.1 Å². The minimum Gasteiger partial charge on any atom is -0.446 e. The maximum atomic E-state index is 12.5. The van der Waals surface area contributed by atoms with Gasteiger partial charge < -0.3 is 10.1 Å². The van der Waals surface area contributed by atoms with E-state index in [4.69, 9.17) is 4.74 Å². The van der Waals surface area contributed by atoms with E-state index in [1.807, 2.05) is 30.3 Å². The summed E-state index contributed by atoms with van der Waals surface area (Å²) in [6, 6.07) is 12.7. The van der Waals surface area contributed by atoms with Crippen LogP contribution < -0.4 is 10.2 Å². The van der Waals surface area contributed by atoms with Crippen LogP contribution in [0.4, 0.5) is 16.4 Å². The molecule has 4 rings (SSSR count). The molecule has 160 valence electrons. The SMILES string of the molecule is CC(C(=O)Nc1cc([C@H]2C[C@@H](OC(=O)N(C)c3ccccn3)C2)[nH]n1)c1ccccn1. The molecule has 3 heterocycles. The number of aromatic nitrogens is 4. The van der Waals surface area contributed by atoms with Gasteiger partial charge in [-0.15, -0.1) is 0 Å². The smallest absolute Gasteiger partial charge is 0.415 e. The number of aromatic amines is 1. The van der Waals surface area contributed by atoms with Gasteiger partial charge in [-0.25, -0.2) is 9.78 Å². The Hall–Kier alpha value is -3.75. The van der Waals surface area contributed by atoms with Crippen molar-refractivity contribution in [2.24, 2.45) is 0 Å². The van der Waals surface area contributed by atoms with Crippen LogP contribution in [-0.4, -0.2) is 45.3 Å². The first kappa shape index (κ1) is 20.5. The summed E-state index contributed by atoms with van der Waals surface area (Å²) < 4.78 is 5.54. The van der Waals surface area contributed by atoms with E-state index >= 15 is 0 Å². The summed E-state index contributed by atoms with van der Waals surface area (Å²) in [6.07, 6.45) is 4.10. The number of carbonyl (C=O) groups excluding carboxylic acids is 2.